The van der Waals surface area contributed by atoms with Gasteiger partial charge in [-0.3, -0.25) is 14.2 Å². The van der Waals surface area contributed by atoms with Crippen LogP contribution in [0.3, 0.4) is 0 Å². The number of benzene rings is 2. The molecule has 4 rings (SSSR count). The molecule has 2 heterocycles. The highest BCUT2D eigenvalue weighted by atomic mass is 35.5. The van der Waals surface area contributed by atoms with E-state index in [0.29, 0.717) is 21.6 Å². The lowest BCUT2D eigenvalue weighted by molar-refractivity contribution is -0.116. The molecule has 6 nitrogen and oxygen atoms in total. The van der Waals surface area contributed by atoms with Crippen molar-refractivity contribution in [3.63, 3.8) is 0 Å². The van der Waals surface area contributed by atoms with Crippen LogP contribution in [0.25, 0.3) is 10.9 Å². The zero-order chi connectivity index (χ0) is 19.5. The van der Waals surface area contributed by atoms with Gasteiger partial charge in [0.05, 0.1) is 28.6 Å². The van der Waals surface area contributed by atoms with E-state index in [0.717, 1.165) is 31.6 Å². The second kappa shape index (κ2) is 8.02. The minimum Gasteiger partial charge on any atom is -0.370 e. The summed E-state index contributed by atoms with van der Waals surface area (Å²) in [7, 11) is 0. The predicted octanol–water partition coefficient (Wildman–Crippen LogP) is 3.68. The van der Waals surface area contributed by atoms with Gasteiger partial charge in [-0.2, -0.15) is 0 Å². The van der Waals surface area contributed by atoms with Gasteiger partial charge in [-0.15, -0.1) is 0 Å². The van der Waals surface area contributed by atoms with E-state index in [1.807, 2.05) is 18.2 Å². The molecule has 1 amide bonds. The molecule has 0 unspecified atom stereocenters. The molecular weight excluding hydrogens is 376 g/mol. The molecule has 0 saturated carbocycles. The van der Waals surface area contributed by atoms with Crippen molar-refractivity contribution in [2.24, 2.45) is 0 Å². The number of rotatable bonds is 4. The van der Waals surface area contributed by atoms with Crippen molar-refractivity contribution in [1.29, 1.82) is 0 Å². The maximum absolute atomic E-state index is 12.7. The molecule has 1 aliphatic rings. The number of carbonyl (C=O) groups is 1. The summed E-state index contributed by atoms with van der Waals surface area (Å²) >= 11 is 6.15. The molecule has 1 aromatic heterocycles. The molecule has 3 aromatic rings. The van der Waals surface area contributed by atoms with Gasteiger partial charge in [0.1, 0.15) is 6.54 Å². The van der Waals surface area contributed by atoms with Gasteiger partial charge >= 0.3 is 0 Å². The summed E-state index contributed by atoms with van der Waals surface area (Å²) in [6.07, 6.45) is 4.90. The maximum atomic E-state index is 12.7. The lowest BCUT2D eigenvalue weighted by Gasteiger charge is -2.30. The van der Waals surface area contributed by atoms with E-state index >= 15 is 0 Å². The zero-order valence-electron chi connectivity index (χ0n) is 15.4. The van der Waals surface area contributed by atoms with Gasteiger partial charge in [0.25, 0.3) is 5.56 Å². The molecular formula is C21H21ClN4O2. The Morgan fingerprint density at radius 2 is 1.89 bits per heavy atom. The van der Waals surface area contributed by atoms with Gasteiger partial charge in [-0.1, -0.05) is 23.7 Å². The summed E-state index contributed by atoms with van der Waals surface area (Å²) in [6.45, 7) is 1.81. The van der Waals surface area contributed by atoms with Gasteiger partial charge in [0, 0.05) is 18.1 Å². The predicted molar refractivity (Wildman–Crippen MR) is 112 cm³/mol. The summed E-state index contributed by atoms with van der Waals surface area (Å²) in [6, 6.07) is 12.6. The van der Waals surface area contributed by atoms with E-state index in [4.69, 9.17) is 11.6 Å². The lowest BCUT2D eigenvalue weighted by Crippen LogP contribution is -2.31. The van der Waals surface area contributed by atoms with Crippen molar-refractivity contribution in [1.82, 2.24) is 9.55 Å². The highest BCUT2D eigenvalue weighted by molar-refractivity contribution is 6.31. The van der Waals surface area contributed by atoms with E-state index in [1.165, 1.54) is 17.3 Å². The molecule has 0 atom stereocenters. The first-order valence-electron chi connectivity index (χ1n) is 9.40. The van der Waals surface area contributed by atoms with Gasteiger partial charge < -0.3 is 10.2 Å². The molecule has 28 heavy (non-hydrogen) atoms. The number of hydrogen-bond donors (Lipinski definition) is 1. The third kappa shape index (κ3) is 3.87. The van der Waals surface area contributed by atoms with Gasteiger partial charge in [-0.25, -0.2) is 4.98 Å². The standard InChI is InChI=1S/C21H21ClN4O2/c22-15-8-9-19(25-10-4-1-5-11-25)18(12-15)24-20(27)13-26-14-23-17-7-3-2-6-16(17)21(26)28/h2-3,6-9,12,14H,1,4-5,10-11,13H2,(H,24,27). The molecule has 0 bridgehead atoms. The largest absolute Gasteiger partial charge is 0.370 e. The number of nitrogens with zero attached hydrogens (tertiary/aromatic N) is 3. The molecule has 0 aliphatic carbocycles. The Kier molecular flexibility index (Phi) is 5.30. The highest BCUT2D eigenvalue weighted by Gasteiger charge is 2.17. The van der Waals surface area contributed by atoms with Gasteiger partial charge in [0.15, 0.2) is 0 Å². The first-order chi connectivity index (χ1) is 13.6. The Bertz CT molecular complexity index is 1070. The SMILES string of the molecule is O=C(Cn1cnc2ccccc2c1=O)Nc1cc(Cl)ccc1N1CCCCC1. The molecule has 1 fully saturated rings. The molecule has 1 N–H and O–H groups in total. The van der Waals surface area contributed by atoms with Crippen LogP contribution in [-0.2, 0) is 11.3 Å². The summed E-state index contributed by atoms with van der Waals surface area (Å²) in [5.74, 6) is -0.292. The average molecular weight is 397 g/mol. The number of halogens is 1. The van der Waals surface area contributed by atoms with Crippen molar-refractivity contribution >= 4 is 39.8 Å². The summed E-state index contributed by atoms with van der Waals surface area (Å²) in [4.78, 5) is 31.8. The van der Waals surface area contributed by atoms with E-state index in [9.17, 15) is 9.59 Å². The summed E-state index contributed by atoms with van der Waals surface area (Å²) in [5, 5.41) is 3.97. The number of hydrogen-bond acceptors (Lipinski definition) is 4. The first kappa shape index (κ1) is 18.5. The Hall–Kier alpha value is -2.86. The van der Waals surface area contributed by atoms with E-state index < -0.39 is 0 Å². The van der Waals surface area contributed by atoms with E-state index in [2.05, 4.69) is 15.2 Å². The fourth-order valence-electron chi connectivity index (χ4n) is 3.58. The second-order valence-electron chi connectivity index (χ2n) is 6.95. The van der Waals surface area contributed by atoms with Crippen LogP contribution in [0.5, 0.6) is 0 Å². The Morgan fingerprint density at radius 3 is 2.71 bits per heavy atom. The molecule has 0 spiro atoms. The van der Waals surface area contributed by atoms with Crippen LogP contribution in [0.4, 0.5) is 11.4 Å². The number of amides is 1. The molecule has 1 saturated heterocycles. The van der Waals surface area contributed by atoms with Crippen molar-refractivity contribution in [3.05, 3.63) is 64.2 Å². The fourth-order valence-corrected chi connectivity index (χ4v) is 3.75. The molecule has 0 radical (unpaired) electrons. The Morgan fingerprint density at radius 1 is 1.11 bits per heavy atom. The summed E-state index contributed by atoms with van der Waals surface area (Å²) < 4.78 is 1.32. The van der Waals surface area contributed by atoms with Crippen LogP contribution in [0.15, 0.2) is 53.6 Å². The average Bonchev–Trinajstić information content (AvgIpc) is 2.71. The van der Waals surface area contributed by atoms with E-state index in [-0.39, 0.29) is 18.0 Å². The van der Waals surface area contributed by atoms with Crippen molar-refractivity contribution in [2.75, 3.05) is 23.3 Å². The smallest absolute Gasteiger partial charge is 0.261 e. The first-order valence-corrected chi connectivity index (χ1v) is 9.78. The number of fused-ring (bicyclic) bond motifs is 1. The van der Waals surface area contributed by atoms with Crippen molar-refractivity contribution < 1.29 is 4.79 Å². The molecule has 7 heteroatoms. The quantitative estimate of drug-likeness (QED) is 0.730. The third-order valence-electron chi connectivity index (χ3n) is 4.97. The molecule has 1 aliphatic heterocycles. The Labute approximate surface area is 167 Å². The van der Waals surface area contributed by atoms with Gasteiger partial charge in [0.2, 0.25) is 5.91 Å². The zero-order valence-corrected chi connectivity index (χ0v) is 16.2. The number of carbonyl (C=O) groups excluding carboxylic acids is 1. The molecule has 2 aromatic carbocycles. The maximum Gasteiger partial charge on any atom is 0.261 e. The van der Waals surface area contributed by atoms with E-state index in [1.54, 1.807) is 24.3 Å². The minimum atomic E-state index is -0.292. The van der Waals surface area contributed by atoms with Crippen molar-refractivity contribution in [3.8, 4) is 0 Å². The van der Waals surface area contributed by atoms with Crippen LogP contribution in [0.1, 0.15) is 19.3 Å². The molecule has 144 valence electrons. The summed E-state index contributed by atoms with van der Waals surface area (Å²) in [5.41, 5.74) is 2.01. The number of anilines is 2. The monoisotopic (exact) mass is 396 g/mol. The number of nitrogens with one attached hydrogen (secondary N) is 1. The lowest BCUT2D eigenvalue weighted by atomic mass is 10.1. The van der Waals surface area contributed by atoms with Crippen LogP contribution in [-0.4, -0.2) is 28.5 Å². The topological polar surface area (TPSA) is 67.2 Å². The van der Waals surface area contributed by atoms with Crippen LogP contribution in [0.2, 0.25) is 5.02 Å². The third-order valence-corrected chi connectivity index (χ3v) is 5.21. The number of para-hydroxylation sites is 1. The van der Waals surface area contributed by atoms with Crippen LogP contribution >= 0.6 is 11.6 Å². The highest BCUT2D eigenvalue weighted by Crippen LogP contribution is 2.31. The minimum absolute atomic E-state index is 0.109. The van der Waals surface area contributed by atoms with Crippen LogP contribution in [0, 0.1) is 0 Å². The van der Waals surface area contributed by atoms with Gasteiger partial charge in [-0.05, 0) is 49.6 Å². The second-order valence-corrected chi connectivity index (χ2v) is 7.39. The normalized spacial score (nSPS) is 14.2. The van der Waals surface area contributed by atoms with Crippen molar-refractivity contribution in [2.45, 2.75) is 25.8 Å². The Balaban J connectivity index is 1.56. The van der Waals surface area contributed by atoms with Crippen LogP contribution < -0.4 is 15.8 Å². The number of piperidine rings is 1. The fraction of sp³-hybridized carbons (Fsp3) is 0.286. The number of aromatic nitrogens is 2.